The Balaban J connectivity index is 1.73. The van der Waals surface area contributed by atoms with Gasteiger partial charge in [-0.15, -0.1) is 0 Å². The van der Waals surface area contributed by atoms with E-state index >= 15 is 0 Å². The first-order valence-corrected chi connectivity index (χ1v) is 9.06. The molecule has 9 heteroatoms. The predicted octanol–water partition coefficient (Wildman–Crippen LogP) is 4.48. The van der Waals surface area contributed by atoms with Crippen LogP contribution >= 0.6 is 0 Å². The van der Waals surface area contributed by atoms with Crippen LogP contribution in [0.5, 0.6) is 0 Å². The van der Waals surface area contributed by atoms with Crippen molar-refractivity contribution in [3.05, 3.63) is 41.0 Å². The van der Waals surface area contributed by atoms with Crippen LogP contribution in [0.15, 0.2) is 24.3 Å². The van der Waals surface area contributed by atoms with E-state index in [1.54, 1.807) is 0 Å². The van der Waals surface area contributed by atoms with Crippen LogP contribution in [0.4, 0.5) is 26.3 Å². The summed E-state index contributed by atoms with van der Waals surface area (Å²) in [4.78, 5) is 14.5. The molecule has 0 spiro atoms. The van der Waals surface area contributed by atoms with E-state index < -0.39 is 29.4 Å². The number of hydrogen-bond donors (Lipinski definition) is 1. The highest BCUT2D eigenvalue weighted by atomic mass is 19.4. The van der Waals surface area contributed by atoms with Gasteiger partial charge in [0.2, 0.25) is 5.91 Å². The average Bonchev–Trinajstić information content (AvgIpc) is 3.01. The summed E-state index contributed by atoms with van der Waals surface area (Å²) < 4.78 is 77.3. The molecule has 1 aromatic carbocycles. The normalized spacial score (nSPS) is 23.8. The minimum Gasteiger partial charge on any atom is -0.348 e. The van der Waals surface area contributed by atoms with Gasteiger partial charge < -0.3 is 5.32 Å². The summed E-state index contributed by atoms with van der Waals surface area (Å²) in [6, 6.07) is 1.45. The molecular weight excluding hydrogens is 386 g/mol. The highest BCUT2D eigenvalue weighted by molar-refractivity contribution is 5.92. The van der Waals surface area contributed by atoms with Crippen LogP contribution < -0.4 is 5.32 Å². The molecular formula is C19H20F6N2O. The standard InChI is InChI=1S/C19H20F6N2O/c20-18(21,22)13-9-12(10-14(11-13)19(23,24)25)4-5-17(28)26-15-6-8-27-7-2-1-3-16(15)27/h4-5,9-11,15-16H,1-3,6-8H2,(H,26,28). The smallest absolute Gasteiger partial charge is 0.348 e. The lowest BCUT2D eigenvalue weighted by atomic mass is 9.99. The van der Waals surface area contributed by atoms with Crippen molar-refractivity contribution in [3.8, 4) is 0 Å². The van der Waals surface area contributed by atoms with Crippen LogP contribution in [-0.2, 0) is 17.1 Å². The van der Waals surface area contributed by atoms with Crippen molar-refractivity contribution in [2.45, 2.75) is 50.1 Å². The number of carbonyl (C=O) groups excluding carboxylic acids is 1. The lowest BCUT2D eigenvalue weighted by Crippen LogP contribution is -2.46. The summed E-state index contributed by atoms with van der Waals surface area (Å²) in [6.07, 6.45) is -3.92. The minimum atomic E-state index is -4.92. The van der Waals surface area contributed by atoms with Gasteiger partial charge in [0, 0.05) is 24.7 Å². The van der Waals surface area contributed by atoms with Gasteiger partial charge in [0.15, 0.2) is 0 Å². The van der Waals surface area contributed by atoms with Crippen molar-refractivity contribution in [2.75, 3.05) is 13.1 Å². The van der Waals surface area contributed by atoms with Crippen LogP contribution in [0, 0.1) is 0 Å². The van der Waals surface area contributed by atoms with E-state index in [9.17, 15) is 31.1 Å². The minimum absolute atomic E-state index is 0.0512. The first-order chi connectivity index (χ1) is 13.0. The maximum atomic E-state index is 12.9. The molecule has 2 atom stereocenters. The number of nitrogens with zero attached hydrogens (tertiary/aromatic N) is 1. The Morgan fingerprint density at radius 3 is 2.21 bits per heavy atom. The van der Waals surface area contributed by atoms with Crippen LogP contribution in [0.2, 0.25) is 0 Å². The third kappa shape index (κ3) is 4.87. The molecule has 1 N–H and O–H groups in total. The lowest BCUT2D eigenvalue weighted by molar-refractivity contribution is -0.143. The quantitative estimate of drug-likeness (QED) is 0.593. The molecule has 0 aromatic heterocycles. The fraction of sp³-hybridized carbons (Fsp3) is 0.526. The van der Waals surface area contributed by atoms with Crippen molar-refractivity contribution in [3.63, 3.8) is 0 Å². The summed E-state index contributed by atoms with van der Waals surface area (Å²) in [5, 5.41) is 2.83. The van der Waals surface area contributed by atoms with Gasteiger partial charge in [0.25, 0.3) is 0 Å². The van der Waals surface area contributed by atoms with Gasteiger partial charge in [0.1, 0.15) is 0 Å². The summed E-state index contributed by atoms with van der Waals surface area (Å²) in [5.74, 6) is -0.525. The van der Waals surface area contributed by atoms with E-state index in [4.69, 9.17) is 0 Å². The number of piperidine rings is 1. The molecule has 0 radical (unpaired) electrons. The molecule has 28 heavy (non-hydrogen) atoms. The summed E-state index contributed by atoms with van der Waals surface area (Å²) in [7, 11) is 0. The van der Waals surface area contributed by atoms with E-state index in [1.165, 1.54) is 0 Å². The first kappa shape index (κ1) is 20.7. The molecule has 154 valence electrons. The SMILES string of the molecule is O=C(C=Cc1cc(C(F)(F)F)cc(C(F)(F)F)c1)NC1CCN2CCCCC12. The van der Waals surface area contributed by atoms with Crippen molar-refractivity contribution >= 4 is 12.0 Å². The van der Waals surface area contributed by atoms with E-state index in [0.29, 0.717) is 12.1 Å². The molecule has 1 aromatic rings. The Morgan fingerprint density at radius 1 is 0.964 bits per heavy atom. The summed E-state index contributed by atoms with van der Waals surface area (Å²) in [5.41, 5.74) is -3.14. The molecule has 2 fully saturated rings. The van der Waals surface area contributed by atoms with Gasteiger partial charge in [-0.2, -0.15) is 26.3 Å². The van der Waals surface area contributed by atoms with Crippen LogP contribution in [0.1, 0.15) is 42.4 Å². The maximum Gasteiger partial charge on any atom is 0.416 e. The van der Waals surface area contributed by atoms with E-state index in [1.807, 2.05) is 0 Å². The average molecular weight is 406 g/mol. The van der Waals surface area contributed by atoms with Crippen molar-refractivity contribution in [2.24, 2.45) is 0 Å². The van der Waals surface area contributed by atoms with Crippen LogP contribution in [-0.4, -0.2) is 36.0 Å². The van der Waals surface area contributed by atoms with Crippen molar-refractivity contribution < 1.29 is 31.1 Å². The van der Waals surface area contributed by atoms with Gasteiger partial charge >= 0.3 is 12.4 Å². The van der Waals surface area contributed by atoms with Gasteiger partial charge in [-0.25, -0.2) is 0 Å². The summed E-state index contributed by atoms with van der Waals surface area (Å²) >= 11 is 0. The number of halogens is 6. The van der Waals surface area contributed by atoms with Gasteiger partial charge in [-0.1, -0.05) is 6.42 Å². The second-order valence-corrected chi connectivity index (χ2v) is 7.18. The first-order valence-electron chi connectivity index (χ1n) is 9.06. The van der Waals surface area contributed by atoms with Gasteiger partial charge in [0.05, 0.1) is 11.1 Å². The van der Waals surface area contributed by atoms with E-state index in [2.05, 4.69) is 10.2 Å². The Morgan fingerprint density at radius 2 is 1.61 bits per heavy atom. The fourth-order valence-corrected chi connectivity index (χ4v) is 3.89. The molecule has 2 unspecified atom stereocenters. The highest BCUT2D eigenvalue weighted by Gasteiger charge is 2.37. The number of nitrogens with one attached hydrogen (secondary N) is 1. The Kier molecular flexibility index (Phi) is 5.74. The molecule has 2 aliphatic heterocycles. The van der Waals surface area contributed by atoms with E-state index in [-0.39, 0.29) is 23.7 Å². The zero-order valence-corrected chi connectivity index (χ0v) is 14.9. The second kappa shape index (κ2) is 7.77. The maximum absolute atomic E-state index is 12.9. The molecule has 1 amide bonds. The largest absolute Gasteiger partial charge is 0.416 e. The number of amides is 1. The van der Waals surface area contributed by atoms with Crippen molar-refractivity contribution in [1.82, 2.24) is 10.2 Å². The third-order valence-corrected chi connectivity index (χ3v) is 5.22. The topological polar surface area (TPSA) is 32.3 Å². The number of hydrogen-bond acceptors (Lipinski definition) is 2. The highest BCUT2D eigenvalue weighted by Crippen LogP contribution is 2.36. The molecule has 3 nitrogen and oxygen atoms in total. The molecule has 0 saturated carbocycles. The lowest BCUT2D eigenvalue weighted by Gasteiger charge is -2.32. The zero-order chi connectivity index (χ0) is 20.5. The third-order valence-electron chi connectivity index (χ3n) is 5.22. The Labute approximate surface area is 158 Å². The Hall–Kier alpha value is -2.03. The molecule has 0 bridgehead atoms. The number of benzene rings is 1. The Bertz CT molecular complexity index is 724. The van der Waals surface area contributed by atoms with Gasteiger partial charge in [-0.3, -0.25) is 9.69 Å². The molecule has 2 saturated heterocycles. The number of alkyl halides is 6. The van der Waals surface area contributed by atoms with Crippen LogP contribution in [0.3, 0.4) is 0 Å². The number of fused-ring (bicyclic) bond motifs is 1. The monoisotopic (exact) mass is 406 g/mol. The number of rotatable bonds is 3. The second-order valence-electron chi connectivity index (χ2n) is 7.18. The predicted molar refractivity (Wildman–Crippen MR) is 91.2 cm³/mol. The fourth-order valence-electron chi connectivity index (χ4n) is 3.89. The number of carbonyl (C=O) groups is 1. The molecule has 2 aliphatic rings. The zero-order valence-electron chi connectivity index (χ0n) is 14.9. The van der Waals surface area contributed by atoms with E-state index in [0.717, 1.165) is 50.9 Å². The van der Waals surface area contributed by atoms with Crippen molar-refractivity contribution in [1.29, 1.82) is 0 Å². The van der Waals surface area contributed by atoms with Crippen LogP contribution in [0.25, 0.3) is 6.08 Å². The van der Waals surface area contributed by atoms with Gasteiger partial charge in [-0.05, 0) is 55.6 Å². The summed E-state index contributed by atoms with van der Waals surface area (Å²) in [6.45, 7) is 1.86. The molecule has 2 heterocycles. The molecule has 3 rings (SSSR count). The molecule has 0 aliphatic carbocycles.